The zero-order chi connectivity index (χ0) is 12.5. The summed E-state index contributed by atoms with van der Waals surface area (Å²) in [4.78, 5) is 0. The van der Waals surface area contributed by atoms with E-state index < -0.39 is 0 Å². The molecule has 0 heterocycles. The first-order valence-electron chi connectivity index (χ1n) is 6.31. The number of halogens is 1. The number of nitrogens with one attached hydrogen (secondary N) is 1. The number of hydrogen-bond donors (Lipinski definition) is 1. The fourth-order valence-corrected chi connectivity index (χ4v) is 2.01. The molecule has 0 aliphatic rings. The van der Waals surface area contributed by atoms with Crippen molar-refractivity contribution in [1.82, 2.24) is 5.32 Å². The van der Waals surface area contributed by atoms with Gasteiger partial charge in [0.1, 0.15) is 5.82 Å². The summed E-state index contributed by atoms with van der Waals surface area (Å²) >= 11 is 0. The fraction of sp³-hybridized carbons (Fsp3) is 0.467. The first-order valence-corrected chi connectivity index (χ1v) is 6.31. The molecule has 0 aliphatic carbocycles. The predicted octanol–water partition coefficient (Wildman–Crippen LogP) is 4.22. The summed E-state index contributed by atoms with van der Waals surface area (Å²) in [5, 5.41) is 3.25. The molecular weight excluding hydrogens is 213 g/mol. The van der Waals surface area contributed by atoms with Gasteiger partial charge in [-0.3, -0.25) is 0 Å². The van der Waals surface area contributed by atoms with Crippen LogP contribution in [0.5, 0.6) is 0 Å². The van der Waals surface area contributed by atoms with Crippen LogP contribution in [0.1, 0.15) is 43.7 Å². The van der Waals surface area contributed by atoms with Crippen LogP contribution in [0, 0.1) is 5.82 Å². The van der Waals surface area contributed by atoms with Crippen LogP contribution < -0.4 is 5.32 Å². The Kier molecular flexibility index (Phi) is 6.56. The Balaban J connectivity index is 2.40. The third-order valence-electron chi connectivity index (χ3n) is 3.00. The number of rotatable bonds is 8. The highest BCUT2D eigenvalue weighted by Crippen LogP contribution is 2.20. The summed E-state index contributed by atoms with van der Waals surface area (Å²) in [6.45, 7) is 3.71. The Morgan fingerprint density at radius 2 is 2.18 bits per heavy atom. The van der Waals surface area contributed by atoms with Gasteiger partial charge in [0.05, 0.1) is 0 Å². The van der Waals surface area contributed by atoms with Crippen molar-refractivity contribution in [3.8, 4) is 0 Å². The van der Waals surface area contributed by atoms with Crippen molar-refractivity contribution in [2.45, 2.75) is 38.1 Å². The minimum absolute atomic E-state index is 0.158. The van der Waals surface area contributed by atoms with Gasteiger partial charge in [-0.15, -0.1) is 6.58 Å². The number of unbranched alkanes of at least 4 members (excludes halogenated alkanes) is 3. The molecule has 1 nitrogen and oxygen atoms in total. The lowest BCUT2D eigenvalue weighted by molar-refractivity contribution is 0.504. The molecule has 0 saturated heterocycles. The second-order valence-corrected chi connectivity index (χ2v) is 4.32. The highest BCUT2D eigenvalue weighted by Gasteiger charge is 2.08. The van der Waals surface area contributed by atoms with E-state index in [-0.39, 0.29) is 11.9 Å². The van der Waals surface area contributed by atoms with E-state index in [4.69, 9.17) is 0 Å². The molecule has 2 heteroatoms. The molecule has 1 N–H and O–H groups in total. The lowest BCUT2D eigenvalue weighted by Gasteiger charge is -2.16. The van der Waals surface area contributed by atoms with Crippen LogP contribution in [0.15, 0.2) is 36.9 Å². The lowest BCUT2D eigenvalue weighted by atomic mass is 10.00. The van der Waals surface area contributed by atoms with Crippen molar-refractivity contribution >= 4 is 0 Å². The number of benzene rings is 1. The van der Waals surface area contributed by atoms with E-state index in [1.807, 2.05) is 19.2 Å². The van der Waals surface area contributed by atoms with Crippen LogP contribution in [0.3, 0.4) is 0 Å². The summed E-state index contributed by atoms with van der Waals surface area (Å²) < 4.78 is 13.1. The van der Waals surface area contributed by atoms with E-state index in [1.165, 1.54) is 18.9 Å². The van der Waals surface area contributed by atoms with E-state index >= 15 is 0 Å². The summed E-state index contributed by atoms with van der Waals surface area (Å²) in [6, 6.07) is 7.11. The van der Waals surface area contributed by atoms with Crippen LogP contribution >= 0.6 is 0 Å². The maximum Gasteiger partial charge on any atom is 0.123 e. The van der Waals surface area contributed by atoms with Gasteiger partial charge in [0.25, 0.3) is 0 Å². The maximum atomic E-state index is 13.1. The van der Waals surface area contributed by atoms with Crippen LogP contribution in [0.25, 0.3) is 0 Å². The molecule has 1 atom stereocenters. The quantitative estimate of drug-likeness (QED) is 0.525. The van der Waals surface area contributed by atoms with E-state index in [2.05, 4.69) is 11.9 Å². The molecule has 0 amide bonds. The van der Waals surface area contributed by atoms with Crippen molar-refractivity contribution in [2.24, 2.45) is 0 Å². The highest BCUT2D eigenvalue weighted by atomic mass is 19.1. The van der Waals surface area contributed by atoms with Gasteiger partial charge in [-0.1, -0.05) is 31.1 Å². The molecule has 0 aliphatic heterocycles. The lowest BCUT2D eigenvalue weighted by Crippen LogP contribution is -2.16. The standard InChI is InChI=1S/C15H22FN/c1-3-4-5-6-7-11-15(17-2)13-9-8-10-14(16)12-13/h3,8-10,12,15,17H,1,4-7,11H2,2H3. The zero-order valence-electron chi connectivity index (χ0n) is 10.6. The van der Waals surface area contributed by atoms with Crippen LogP contribution in [-0.4, -0.2) is 7.05 Å². The van der Waals surface area contributed by atoms with Gasteiger partial charge in [-0.05, 0) is 44.0 Å². The van der Waals surface area contributed by atoms with Crippen molar-refractivity contribution in [2.75, 3.05) is 7.05 Å². The van der Waals surface area contributed by atoms with Crippen molar-refractivity contribution in [1.29, 1.82) is 0 Å². The Labute approximate surface area is 104 Å². The first-order chi connectivity index (χ1) is 8.27. The number of allylic oxidation sites excluding steroid dienone is 1. The van der Waals surface area contributed by atoms with Gasteiger partial charge in [-0.25, -0.2) is 4.39 Å². The molecule has 1 aromatic rings. The average molecular weight is 235 g/mol. The Bertz CT molecular complexity index is 335. The largest absolute Gasteiger partial charge is 0.313 e. The molecule has 94 valence electrons. The Morgan fingerprint density at radius 3 is 2.82 bits per heavy atom. The molecule has 0 saturated carbocycles. The highest BCUT2D eigenvalue weighted by molar-refractivity contribution is 5.19. The SMILES string of the molecule is C=CCCCCCC(NC)c1cccc(F)c1. The normalized spacial score (nSPS) is 12.4. The van der Waals surface area contributed by atoms with Crippen LogP contribution in [0.4, 0.5) is 4.39 Å². The second kappa shape index (κ2) is 8.02. The summed E-state index contributed by atoms with van der Waals surface area (Å²) in [7, 11) is 1.93. The molecule has 17 heavy (non-hydrogen) atoms. The van der Waals surface area contributed by atoms with Gasteiger partial charge < -0.3 is 5.32 Å². The van der Waals surface area contributed by atoms with Crippen molar-refractivity contribution in [3.05, 3.63) is 48.3 Å². The smallest absolute Gasteiger partial charge is 0.123 e. The van der Waals surface area contributed by atoms with E-state index in [9.17, 15) is 4.39 Å². The van der Waals surface area contributed by atoms with Gasteiger partial charge in [0.15, 0.2) is 0 Å². The Hall–Kier alpha value is -1.15. The molecular formula is C15H22FN. The third kappa shape index (κ3) is 5.14. The van der Waals surface area contributed by atoms with Gasteiger partial charge >= 0.3 is 0 Å². The van der Waals surface area contributed by atoms with Gasteiger partial charge in [0, 0.05) is 6.04 Å². The average Bonchev–Trinajstić information content (AvgIpc) is 2.34. The molecule has 0 fully saturated rings. The zero-order valence-corrected chi connectivity index (χ0v) is 10.6. The maximum absolute atomic E-state index is 13.1. The van der Waals surface area contributed by atoms with Crippen LogP contribution in [0.2, 0.25) is 0 Å². The fourth-order valence-electron chi connectivity index (χ4n) is 2.01. The predicted molar refractivity (Wildman–Crippen MR) is 71.5 cm³/mol. The van der Waals surface area contributed by atoms with E-state index in [0.717, 1.165) is 24.8 Å². The van der Waals surface area contributed by atoms with Crippen LogP contribution in [-0.2, 0) is 0 Å². The molecule has 1 rings (SSSR count). The van der Waals surface area contributed by atoms with E-state index in [0.29, 0.717) is 0 Å². The molecule has 0 bridgehead atoms. The van der Waals surface area contributed by atoms with Crippen molar-refractivity contribution in [3.63, 3.8) is 0 Å². The minimum atomic E-state index is -0.158. The Morgan fingerprint density at radius 1 is 1.35 bits per heavy atom. The topological polar surface area (TPSA) is 12.0 Å². The molecule has 1 unspecified atom stereocenters. The summed E-state index contributed by atoms with van der Waals surface area (Å²) in [5.41, 5.74) is 1.04. The van der Waals surface area contributed by atoms with Gasteiger partial charge in [-0.2, -0.15) is 0 Å². The number of hydrogen-bond acceptors (Lipinski definition) is 1. The first kappa shape index (κ1) is 13.9. The second-order valence-electron chi connectivity index (χ2n) is 4.32. The summed E-state index contributed by atoms with van der Waals surface area (Å²) in [6.07, 6.45) is 7.67. The monoisotopic (exact) mass is 235 g/mol. The van der Waals surface area contributed by atoms with Gasteiger partial charge in [0.2, 0.25) is 0 Å². The summed E-state index contributed by atoms with van der Waals surface area (Å²) in [5.74, 6) is -0.158. The van der Waals surface area contributed by atoms with E-state index in [1.54, 1.807) is 12.1 Å². The molecule has 0 aromatic heterocycles. The minimum Gasteiger partial charge on any atom is -0.313 e. The molecule has 0 spiro atoms. The molecule has 1 aromatic carbocycles. The third-order valence-corrected chi connectivity index (χ3v) is 3.00. The molecule has 0 radical (unpaired) electrons. The van der Waals surface area contributed by atoms with Crippen molar-refractivity contribution < 1.29 is 4.39 Å².